The normalized spacial score (nSPS) is 12.9. The van der Waals surface area contributed by atoms with Crippen molar-refractivity contribution in [1.29, 1.82) is 0 Å². The highest BCUT2D eigenvalue weighted by molar-refractivity contribution is 7.99. The summed E-state index contributed by atoms with van der Waals surface area (Å²) in [6, 6.07) is 21.3. The Hall–Kier alpha value is -3.09. The molecule has 0 saturated carbocycles. The van der Waals surface area contributed by atoms with Crippen LogP contribution in [0.1, 0.15) is 35.2 Å². The maximum absolute atomic E-state index is 13.2. The minimum Gasteiger partial charge on any atom is -0.339 e. The van der Waals surface area contributed by atoms with E-state index in [0.717, 1.165) is 38.6 Å². The van der Waals surface area contributed by atoms with E-state index >= 15 is 0 Å². The van der Waals surface area contributed by atoms with Crippen molar-refractivity contribution in [2.75, 3.05) is 11.4 Å². The van der Waals surface area contributed by atoms with Crippen LogP contribution in [0.3, 0.4) is 0 Å². The molecular weight excluding hydrogens is 442 g/mol. The molecular formula is C25H20ClN3O2S. The van der Waals surface area contributed by atoms with E-state index in [2.05, 4.69) is 17.1 Å². The van der Waals surface area contributed by atoms with Crippen LogP contribution >= 0.6 is 23.4 Å². The third kappa shape index (κ3) is 4.04. The number of fused-ring (bicyclic) bond motifs is 2. The lowest BCUT2D eigenvalue weighted by Crippen LogP contribution is -2.31. The predicted octanol–water partition coefficient (Wildman–Crippen LogP) is 6.50. The molecule has 1 aromatic heterocycles. The molecule has 0 N–H and O–H groups in total. The summed E-state index contributed by atoms with van der Waals surface area (Å²) in [4.78, 5) is 21.6. The van der Waals surface area contributed by atoms with Gasteiger partial charge in [-0.15, -0.1) is 0 Å². The minimum absolute atomic E-state index is 0.0336. The zero-order chi connectivity index (χ0) is 22.1. The molecule has 0 bridgehead atoms. The van der Waals surface area contributed by atoms with E-state index in [0.29, 0.717) is 29.7 Å². The smallest absolute Gasteiger partial charge is 0.259 e. The number of anilines is 1. The van der Waals surface area contributed by atoms with Gasteiger partial charge in [-0.3, -0.25) is 4.79 Å². The van der Waals surface area contributed by atoms with Crippen LogP contribution in [-0.2, 0) is 6.42 Å². The van der Waals surface area contributed by atoms with Gasteiger partial charge in [0, 0.05) is 26.9 Å². The molecule has 4 aromatic rings. The average Bonchev–Trinajstić information content (AvgIpc) is 3.23. The van der Waals surface area contributed by atoms with Gasteiger partial charge in [-0.2, -0.15) is 4.98 Å². The lowest BCUT2D eigenvalue weighted by molar-refractivity contribution is 0.0984. The van der Waals surface area contributed by atoms with Gasteiger partial charge in [0.15, 0.2) is 0 Å². The number of amides is 1. The molecule has 2 heterocycles. The minimum atomic E-state index is 0.0336. The molecule has 1 aliphatic heterocycles. The van der Waals surface area contributed by atoms with Crippen LogP contribution in [0.2, 0.25) is 5.02 Å². The number of hydrogen-bond donors (Lipinski definition) is 0. The van der Waals surface area contributed by atoms with Crippen molar-refractivity contribution in [3.8, 4) is 11.4 Å². The molecule has 1 aliphatic rings. The summed E-state index contributed by atoms with van der Waals surface area (Å²) in [5.74, 6) is 1.10. The van der Waals surface area contributed by atoms with Crippen LogP contribution in [0.5, 0.6) is 0 Å². The van der Waals surface area contributed by atoms with Crippen molar-refractivity contribution in [2.45, 2.75) is 29.6 Å². The van der Waals surface area contributed by atoms with E-state index in [4.69, 9.17) is 16.1 Å². The quantitative estimate of drug-likeness (QED) is 0.339. The van der Waals surface area contributed by atoms with Crippen LogP contribution in [0.25, 0.3) is 11.4 Å². The number of carbonyl (C=O) groups excluding carboxylic acids is 1. The molecule has 0 radical (unpaired) electrons. The lowest BCUT2D eigenvalue weighted by atomic mass is 10.1. The van der Waals surface area contributed by atoms with E-state index in [1.165, 1.54) is 0 Å². The largest absolute Gasteiger partial charge is 0.339 e. The highest BCUT2D eigenvalue weighted by Gasteiger charge is 2.27. The number of benzene rings is 3. The molecule has 5 rings (SSSR count). The molecule has 0 atom stereocenters. The second kappa shape index (κ2) is 8.81. The van der Waals surface area contributed by atoms with Gasteiger partial charge in [0.2, 0.25) is 11.7 Å². The molecule has 7 heteroatoms. The second-order valence-electron chi connectivity index (χ2n) is 7.55. The number of carbonyl (C=O) groups is 1. The average molecular weight is 462 g/mol. The molecule has 0 saturated heterocycles. The Balaban J connectivity index is 1.48. The number of hydrogen-bond acceptors (Lipinski definition) is 5. The summed E-state index contributed by atoms with van der Waals surface area (Å²) >= 11 is 7.56. The SMILES string of the molecule is CCCN1C(=O)c2ccccc2Sc2cc(-c3noc(Cc4ccc(Cl)cc4)n3)ccc21. The fourth-order valence-corrected chi connectivity index (χ4v) is 4.97. The Bertz CT molecular complexity index is 1290. The van der Waals surface area contributed by atoms with Gasteiger partial charge >= 0.3 is 0 Å². The molecule has 32 heavy (non-hydrogen) atoms. The maximum Gasteiger partial charge on any atom is 0.259 e. The molecule has 5 nitrogen and oxygen atoms in total. The highest BCUT2D eigenvalue weighted by atomic mass is 35.5. The van der Waals surface area contributed by atoms with E-state index in [1.807, 2.05) is 71.6 Å². The summed E-state index contributed by atoms with van der Waals surface area (Å²) in [5, 5.41) is 4.88. The highest BCUT2D eigenvalue weighted by Crippen LogP contribution is 2.42. The Labute approximate surface area is 195 Å². The first-order valence-corrected chi connectivity index (χ1v) is 11.6. The van der Waals surface area contributed by atoms with E-state index < -0.39 is 0 Å². The van der Waals surface area contributed by atoms with E-state index in [-0.39, 0.29) is 5.91 Å². The summed E-state index contributed by atoms with van der Waals surface area (Å²) in [7, 11) is 0. The van der Waals surface area contributed by atoms with Crippen molar-refractivity contribution >= 4 is 35.0 Å². The summed E-state index contributed by atoms with van der Waals surface area (Å²) in [6.07, 6.45) is 1.41. The van der Waals surface area contributed by atoms with Crippen LogP contribution in [0.4, 0.5) is 5.69 Å². The zero-order valence-corrected chi connectivity index (χ0v) is 19.0. The van der Waals surface area contributed by atoms with Gasteiger partial charge in [-0.1, -0.05) is 59.7 Å². The Morgan fingerprint density at radius 3 is 2.66 bits per heavy atom. The van der Waals surface area contributed by atoms with E-state index in [1.54, 1.807) is 11.8 Å². The Kier molecular flexibility index (Phi) is 5.72. The Morgan fingerprint density at radius 2 is 1.84 bits per heavy atom. The molecule has 3 aromatic carbocycles. The van der Waals surface area contributed by atoms with Gasteiger partial charge in [0.05, 0.1) is 17.7 Å². The zero-order valence-electron chi connectivity index (χ0n) is 17.4. The molecule has 1 amide bonds. The van der Waals surface area contributed by atoms with Gasteiger partial charge in [0.25, 0.3) is 5.91 Å². The monoisotopic (exact) mass is 461 g/mol. The summed E-state index contributed by atoms with van der Waals surface area (Å²) in [6.45, 7) is 2.74. The summed E-state index contributed by atoms with van der Waals surface area (Å²) < 4.78 is 5.49. The first kappa shape index (κ1) is 20.8. The number of aromatic nitrogens is 2. The van der Waals surface area contributed by atoms with Crippen LogP contribution in [-0.4, -0.2) is 22.6 Å². The molecule has 0 fully saturated rings. The van der Waals surface area contributed by atoms with Crippen molar-refractivity contribution in [2.24, 2.45) is 0 Å². The van der Waals surface area contributed by atoms with Crippen molar-refractivity contribution < 1.29 is 9.32 Å². The van der Waals surface area contributed by atoms with Crippen molar-refractivity contribution in [1.82, 2.24) is 10.1 Å². The third-order valence-corrected chi connectivity index (χ3v) is 6.65. The molecule has 160 valence electrons. The number of rotatable bonds is 5. The van der Waals surface area contributed by atoms with Crippen LogP contribution in [0.15, 0.2) is 81.0 Å². The van der Waals surface area contributed by atoms with Crippen LogP contribution < -0.4 is 4.90 Å². The van der Waals surface area contributed by atoms with Gasteiger partial charge in [-0.25, -0.2) is 0 Å². The first-order chi connectivity index (χ1) is 15.6. The Morgan fingerprint density at radius 1 is 1.03 bits per heavy atom. The topological polar surface area (TPSA) is 59.2 Å². The fourth-order valence-electron chi connectivity index (χ4n) is 3.73. The predicted molar refractivity (Wildman–Crippen MR) is 127 cm³/mol. The maximum atomic E-state index is 13.2. The lowest BCUT2D eigenvalue weighted by Gasteiger charge is -2.22. The molecule has 0 spiro atoms. The number of nitrogens with zero attached hydrogens (tertiary/aromatic N) is 3. The third-order valence-electron chi connectivity index (χ3n) is 5.28. The molecule has 0 unspecified atom stereocenters. The number of halogens is 1. The second-order valence-corrected chi connectivity index (χ2v) is 9.07. The van der Waals surface area contributed by atoms with Crippen molar-refractivity contribution in [3.63, 3.8) is 0 Å². The standard InChI is InChI=1S/C25H20ClN3O2S/c1-2-13-29-20-12-9-17(15-22(20)32-21-6-4-3-5-19(21)25(29)30)24-27-23(31-28-24)14-16-7-10-18(26)11-8-16/h3-12,15H,2,13-14H2,1H3. The van der Waals surface area contributed by atoms with Gasteiger partial charge in [-0.05, 0) is 54.4 Å². The van der Waals surface area contributed by atoms with Gasteiger partial charge < -0.3 is 9.42 Å². The summed E-state index contributed by atoms with van der Waals surface area (Å²) in [5.41, 5.74) is 3.54. The van der Waals surface area contributed by atoms with Gasteiger partial charge in [0.1, 0.15) is 0 Å². The van der Waals surface area contributed by atoms with E-state index in [9.17, 15) is 4.79 Å². The first-order valence-electron chi connectivity index (χ1n) is 10.4. The van der Waals surface area contributed by atoms with Crippen LogP contribution in [0, 0.1) is 0 Å². The van der Waals surface area contributed by atoms with Crippen molar-refractivity contribution in [3.05, 3.63) is 88.8 Å². The fraction of sp³-hybridized carbons (Fsp3) is 0.160. The molecule has 0 aliphatic carbocycles.